The maximum Gasteiger partial charge on any atom is 0.416 e. The summed E-state index contributed by atoms with van der Waals surface area (Å²) in [7, 11) is 0. The third kappa shape index (κ3) is 2.57. The molecule has 0 bridgehead atoms. The van der Waals surface area contributed by atoms with Crippen LogP contribution in [0.2, 0.25) is 0 Å². The van der Waals surface area contributed by atoms with Crippen LogP contribution in [-0.4, -0.2) is 16.1 Å². The van der Waals surface area contributed by atoms with Gasteiger partial charge in [-0.25, -0.2) is 4.98 Å². The third-order valence-corrected chi connectivity index (χ3v) is 3.48. The fourth-order valence-electron chi connectivity index (χ4n) is 2.46. The van der Waals surface area contributed by atoms with Crippen molar-refractivity contribution in [3.05, 3.63) is 54.1 Å². The van der Waals surface area contributed by atoms with Crippen molar-refractivity contribution in [1.29, 1.82) is 0 Å². The van der Waals surface area contributed by atoms with Crippen molar-refractivity contribution >= 4 is 11.0 Å². The Kier molecular flexibility index (Phi) is 3.62. The van der Waals surface area contributed by atoms with Gasteiger partial charge in [-0.15, -0.1) is 0 Å². The number of rotatable bonds is 3. The minimum absolute atomic E-state index is 0.425. The maximum atomic E-state index is 12.7. The molecule has 3 aromatic rings. The SMILES string of the molecule is NCCn1c(-c2ccc(C(F)(F)F)cc2)nc2ccccc21. The molecule has 0 amide bonds. The van der Waals surface area contributed by atoms with E-state index in [2.05, 4.69) is 4.98 Å². The molecule has 3 rings (SSSR count). The number of imidazole rings is 1. The lowest BCUT2D eigenvalue weighted by Gasteiger charge is -2.10. The molecule has 0 unspecified atom stereocenters. The zero-order valence-electron chi connectivity index (χ0n) is 11.6. The first-order valence-corrected chi connectivity index (χ1v) is 6.83. The molecule has 1 heterocycles. The normalized spacial score (nSPS) is 12.0. The van der Waals surface area contributed by atoms with Crippen molar-refractivity contribution < 1.29 is 13.2 Å². The number of nitrogens with zero attached hydrogens (tertiary/aromatic N) is 2. The van der Waals surface area contributed by atoms with Crippen LogP contribution in [0.4, 0.5) is 13.2 Å². The van der Waals surface area contributed by atoms with Crippen LogP contribution in [0.1, 0.15) is 5.56 Å². The van der Waals surface area contributed by atoms with Crippen LogP contribution in [0.25, 0.3) is 22.4 Å². The zero-order chi connectivity index (χ0) is 15.7. The minimum Gasteiger partial charge on any atom is -0.329 e. The van der Waals surface area contributed by atoms with E-state index in [1.54, 1.807) is 0 Å². The molecule has 0 saturated heterocycles. The summed E-state index contributed by atoms with van der Waals surface area (Å²) in [6.45, 7) is 0.977. The van der Waals surface area contributed by atoms with Gasteiger partial charge in [-0.05, 0) is 24.3 Å². The Balaban J connectivity index is 2.11. The molecule has 0 fully saturated rings. The average molecular weight is 305 g/mol. The van der Waals surface area contributed by atoms with Gasteiger partial charge in [0.1, 0.15) is 5.82 Å². The number of halogens is 3. The van der Waals surface area contributed by atoms with Crippen LogP contribution in [0.3, 0.4) is 0 Å². The molecule has 0 spiro atoms. The highest BCUT2D eigenvalue weighted by atomic mass is 19.4. The standard InChI is InChI=1S/C16H14F3N3/c17-16(18,19)12-7-5-11(6-8-12)15-21-13-3-1-2-4-14(13)22(15)10-9-20/h1-8H,9-10,20H2. The number of benzene rings is 2. The lowest BCUT2D eigenvalue weighted by molar-refractivity contribution is -0.137. The topological polar surface area (TPSA) is 43.8 Å². The fraction of sp³-hybridized carbons (Fsp3) is 0.188. The van der Waals surface area contributed by atoms with Crippen LogP contribution in [-0.2, 0) is 12.7 Å². The Morgan fingerprint density at radius 2 is 1.68 bits per heavy atom. The molecule has 0 radical (unpaired) electrons. The number of aromatic nitrogens is 2. The number of fused-ring (bicyclic) bond motifs is 1. The quantitative estimate of drug-likeness (QED) is 0.802. The van der Waals surface area contributed by atoms with E-state index in [1.165, 1.54) is 12.1 Å². The van der Waals surface area contributed by atoms with Crippen molar-refractivity contribution in [3.63, 3.8) is 0 Å². The second kappa shape index (κ2) is 5.46. The van der Waals surface area contributed by atoms with E-state index in [9.17, 15) is 13.2 Å². The van der Waals surface area contributed by atoms with Crippen LogP contribution in [0, 0.1) is 0 Å². The Morgan fingerprint density at radius 1 is 1.00 bits per heavy atom. The van der Waals surface area contributed by atoms with Gasteiger partial charge in [-0.2, -0.15) is 13.2 Å². The van der Waals surface area contributed by atoms with E-state index in [-0.39, 0.29) is 0 Å². The van der Waals surface area contributed by atoms with Gasteiger partial charge in [0.15, 0.2) is 0 Å². The van der Waals surface area contributed by atoms with Gasteiger partial charge < -0.3 is 10.3 Å². The largest absolute Gasteiger partial charge is 0.416 e. The second-order valence-electron chi connectivity index (χ2n) is 4.94. The molecule has 0 aliphatic rings. The van der Waals surface area contributed by atoms with Gasteiger partial charge in [-0.1, -0.05) is 24.3 Å². The maximum absolute atomic E-state index is 12.7. The summed E-state index contributed by atoms with van der Waals surface area (Å²) in [6.07, 6.45) is -4.34. The molecular weight excluding hydrogens is 291 g/mol. The van der Waals surface area contributed by atoms with Crippen LogP contribution >= 0.6 is 0 Å². The van der Waals surface area contributed by atoms with E-state index < -0.39 is 11.7 Å². The summed E-state index contributed by atoms with van der Waals surface area (Å²) in [5.41, 5.74) is 7.33. The molecule has 0 saturated carbocycles. The fourth-order valence-corrected chi connectivity index (χ4v) is 2.46. The van der Waals surface area contributed by atoms with Crippen molar-refractivity contribution in [2.45, 2.75) is 12.7 Å². The lowest BCUT2D eigenvalue weighted by Crippen LogP contribution is -2.11. The Hall–Kier alpha value is -2.34. The van der Waals surface area contributed by atoms with E-state index in [1.807, 2.05) is 28.8 Å². The molecule has 114 valence electrons. The van der Waals surface area contributed by atoms with Crippen molar-refractivity contribution in [3.8, 4) is 11.4 Å². The van der Waals surface area contributed by atoms with Gasteiger partial charge in [0.05, 0.1) is 16.6 Å². The first-order valence-electron chi connectivity index (χ1n) is 6.83. The number of hydrogen-bond acceptors (Lipinski definition) is 2. The lowest BCUT2D eigenvalue weighted by atomic mass is 10.1. The molecule has 0 aliphatic carbocycles. The summed E-state index contributed by atoms with van der Waals surface area (Å²) < 4.78 is 39.9. The molecule has 2 N–H and O–H groups in total. The van der Waals surface area contributed by atoms with E-state index in [0.717, 1.165) is 23.2 Å². The number of alkyl halides is 3. The van der Waals surface area contributed by atoms with Crippen LogP contribution < -0.4 is 5.73 Å². The first-order chi connectivity index (χ1) is 10.5. The average Bonchev–Trinajstić information content (AvgIpc) is 2.86. The Labute approximate surface area is 125 Å². The van der Waals surface area contributed by atoms with Crippen LogP contribution in [0.15, 0.2) is 48.5 Å². The first kappa shape index (κ1) is 14.6. The van der Waals surface area contributed by atoms with Gasteiger partial charge in [0.2, 0.25) is 0 Å². The molecule has 0 aliphatic heterocycles. The second-order valence-corrected chi connectivity index (χ2v) is 4.94. The van der Waals surface area contributed by atoms with E-state index >= 15 is 0 Å². The molecule has 3 nitrogen and oxygen atoms in total. The van der Waals surface area contributed by atoms with Gasteiger partial charge >= 0.3 is 6.18 Å². The van der Waals surface area contributed by atoms with E-state index in [0.29, 0.717) is 24.5 Å². The Bertz CT molecular complexity index is 788. The third-order valence-electron chi connectivity index (χ3n) is 3.48. The predicted molar refractivity (Wildman–Crippen MR) is 79.2 cm³/mol. The molecule has 0 atom stereocenters. The molecule has 22 heavy (non-hydrogen) atoms. The Morgan fingerprint density at radius 3 is 2.32 bits per heavy atom. The highest BCUT2D eigenvalue weighted by molar-refractivity contribution is 5.80. The molecule has 2 aromatic carbocycles. The van der Waals surface area contributed by atoms with Gasteiger partial charge in [-0.3, -0.25) is 0 Å². The van der Waals surface area contributed by atoms with Crippen molar-refractivity contribution in [2.75, 3.05) is 6.54 Å². The zero-order valence-corrected chi connectivity index (χ0v) is 11.6. The van der Waals surface area contributed by atoms with Crippen LogP contribution in [0.5, 0.6) is 0 Å². The highest BCUT2D eigenvalue weighted by Gasteiger charge is 2.30. The van der Waals surface area contributed by atoms with Gasteiger partial charge in [0.25, 0.3) is 0 Å². The molecule has 6 heteroatoms. The monoisotopic (exact) mass is 305 g/mol. The minimum atomic E-state index is -4.34. The highest BCUT2D eigenvalue weighted by Crippen LogP contribution is 2.31. The van der Waals surface area contributed by atoms with E-state index in [4.69, 9.17) is 5.73 Å². The molecule has 1 aromatic heterocycles. The summed E-state index contributed by atoms with van der Waals surface area (Å²) in [5, 5.41) is 0. The summed E-state index contributed by atoms with van der Waals surface area (Å²) in [5.74, 6) is 0.625. The van der Waals surface area contributed by atoms with Crippen molar-refractivity contribution in [2.24, 2.45) is 5.73 Å². The molecular formula is C16H14F3N3. The number of nitrogens with two attached hydrogens (primary N) is 1. The smallest absolute Gasteiger partial charge is 0.329 e. The number of hydrogen-bond donors (Lipinski definition) is 1. The van der Waals surface area contributed by atoms with Crippen molar-refractivity contribution in [1.82, 2.24) is 9.55 Å². The predicted octanol–water partition coefficient (Wildman–Crippen LogP) is 3.68. The van der Waals surface area contributed by atoms with Gasteiger partial charge in [0, 0.05) is 18.7 Å². The summed E-state index contributed by atoms with van der Waals surface area (Å²) >= 11 is 0. The summed E-state index contributed by atoms with van der Waals surface area (Å²) in [4.78, 5) is 4.52. The number of para-hydroxylation sites is 2. The summed E-state index contributed by atoms with van der Waals surface area (Å²) in [6, 6.07) is 12.6.